The van der Waals surface area contributed by atoms with Crippen LogP contribution in [0.25, 0.3) is 22.3 Å². The van der Waals surface area contributed by atoms with Crippen LogP contribution in [0.15, 0.2) is 69.9 Å². The lowest BCUT2D eigenvalue weighted by atomic mass is 9.86. The molecule has 0 fully saturated rings. The third-order valence-corrected chi connectivity index (χ3v) is 6.13. The molecule has 0 amide bonds. The molecule has 5 nitrogen and oxygen atoms in total. The fraction of sp³-hybridized carbons (Fsp3) is 0.214. The Kier molecular flexibility index (Phi) is 6.24. The van der Waals surface area contributed by atoms with Gasteiger partial charge in [-0.05, 0) is 53.3 Å². The van der Waals surface area contributed by atoms with Crippen molar-refractivity contribution >= 4 is 28.5 Å². The highest BCUT2D eigenvalue weighted by molar-refractivity contribution is 6.32. The van der Waals surface area contributed by atoms with Gasteiger partial charge in [0.15, 0.2) is 5.76 Å². The van der Waals surface area contributed by atoms with Crippen molar-refractivity contribution in [3.63, 3.8) is 0 Å². The summed E-state index contributed by atoms with van der Waals surface area (Å²) in [5, 5.41) is 9.90. The molecule has 0 radical (unpaired) electrons. The minimum absolute atomic E-state index is 0.0158. The Balaban J connectivity index is 1.81. The molecule has 4 aromatic rings. The van der Waals surface area contributed by atoms with Gasteiger partial charge in [0.1, 0.15) is 12.2 Å². The molecule has 0 aliphatic heterocycles. The van der Waals surface area contributed by atoms with Gasteiger partial charge in [0.25, 0.3) is 0 Å². The van der Waals surface area contributed by atoms with E-state index in [4.69, 9.17) is 25.9 Å². The quantitative estimate of drug-likeness (QED) is 0.335. The average molecular weight is 477 g/mol. The molecule has 0 unspecified atom stereocenters. The van der Waals surface area contributed by atoms with Crippen molar-refractivity contribution in [1.29, 1.82) is 0 Å². The number of hydrogen-bond donors (Lipinski definition) is 1. The third-order valence-electron chi connectivity index (χ3n) is 5.73. The molecule has 34 heavy (non-hydrogen) atoms. The van der Waals surface area contributed by atoms with Gasteiger partial charge in [-0.15, -0.1) is 0 Å². The fourth-order valence-electron chi connectivity index (χ4n) is 3.64. The molecule has 1 heterocycles. The summed E-state index contributed by atoms with van der Waals surface area (Å²) < 4.78 is 12.2. The molecular formula is C28H25ClO5. The number of carboxylic acid groups (broad SMARTS) is 1. The van der Waals surface area contributed by atoms with Crippen molar-refractivity contribution in [3.05, 3.63) is 98.2 Å². The number of aromatic carboxylic acids is 1. The molecule has 0 spiro atoms. The topological polar surface area (TPSA) is 76.7 Å². The summed E-state index contributed by atoms with van der Waals surface area (Å²) in [5.41, 5.74) is 3.68. The first kappa shape index (κ1) is 23.6. The highest BCUT2D eigenvalue weighted by Gasteiger charge is 2.20. The van der Waals surface area contributed by atoms with Crippen molar-refractivity contribution in [3.8, 4) is 17.1 Å². The highest BCUT2D eigenvalue weighted by atomic mass is 35.5. The summed E-state index contributed by atoms with van der Waals surface area (Å²) in [6.07, 6.45) is 0. The van der Waals surface area contributed by atoms with E-state index in [-0.39, 0.29) is 28.8 Å². The van der Waals surface area contributed by atoms with Crippen molar-refractivity contribution in [1.82, 2.24) is 0 Å². The van der Waals surface area contributed by atoms with Crippen LogP contribution in [0.2, 0.25) is 5.02 Å². The van der Waals surface area contributed by atoms with Crippen LogP contribution in [0.1, 0.15) is 47.8 Å². The molecule has 0 saturated heterocycles. The van der Waals surface area contributed by atoms with Gasteiger partial charge in [-0.3, -0.25) is 4.79 Å². The number of carboxylic acids is 1. The Morgan fingerprint density at radius 1 is 1.03 bits per heavy atom. The number of carbonyl (C=O) groups is 1. The van der Waals surface area contributed by atoms with E-state index in [0.29, 0.717) is 21.8 Å². The predicted octanol–water partition coefficient (Wildman–Crippen LogP) is 7.00. The molecule has 1 aromatic heterocycles. The van der Waals surface area contributed by atoms with Crippen molar-refractivity contribution < 1.29 is 19.1 Å². The van der Waals surface area contributed by atoms with E-state index in [0.717, 1.165) is 22.3 Å². The van der Waals surface area contributed by atoms with Crippen LogP contribution >= 0.6 is 11.6 Å². The first-order valence-corrected chi connectivity index (χ1v) is 11.3. The Morgan fingerprint density at radius 2 is 1.68 bits per heavy atom. The SMILES string of the molecule is Cc1cc2oc(-c3ccc(C(C)(C)C)cc3)c(OCc3ccc(C(=O)O)cc3)c(=O)c2cc1Cl. The minimum atomic E-state index is -1.00. The fourth-order valence-corrected chi connectivity index (χ4v) is 3.80. The lowest BCUT2D eigenvalue weighted by Gasteiger charge is -2.19. The number of halogens is 1. The van der Waals surface area contributed by atoms with Gasteiger partial charge in [0.2, 0.25) is 11.2 Å². The lowest BCUT2D eigenvalue weighted by Crippen LogP contribution is -2.12. The van der Waals surface area contributed by atoms with Gasteiger partial charge in [-0.2, -0.15) is 0 Å². The van der Waals surface area contributed by atoms with E-state index in [2.05, 4.69) is 20.8 Å². The normalized spacial score (nSPS) is 11.6. The van der Waals surface area contributed by atoms with Crippen LogP contribution < -0.4 is 10.2 Å². The standard InChI is InChI=1S/C28H25ClO5/c1-16-13-23-21(14-22(16)29)24(30)26(33-15-17-5-7-19(8-6-17)27(31)32)25(34-23)18-9-11-20(12-10-18)28(2,3)4/h5-14H,15H2,1-4H3,(H,31,32). The molecule has 0 bridgehead atoms. The zero-order valence-electron chi connectivity index (χ0n) is 19.4. The van der Waals surface area contributed by atoms with Gasteiger partial charge < -0.3 is 14.3 Å². The number of ether oxygens (including phenoxy) is 1. The number of aryl methyl sites for hydroxylation is 1. The van der Waals surface area contributed by atoms with Gasteiger partial charge in [0.05, 0.1) is 10.9 Å². The number of fused-ring (bicyclic) bond motifs is 1. The van der Waals surface area contributed by atoms with E-state index in [1.54, 1.807) is 24.3 Å². The van der Waals surface area contributed by atoms with Crippen LogP contribution in [0.3, 0.4) is 0 Å². The minimum Gasteiger partial charge on any atom is -0.481 e. The van der Waals surface area contributed by atoms with Gasteiger partial charge in [0, 0.05) is 10.6 Å². The first-order valence-electron chi connectivity index (χ1n) is 10.9. The molecule has 6 heteroatoms. The number of rotatable bonds is 5. The maximum Gasteiger partial charge on any atom is 0.335 e. The molecule has 174 valence electrons. The van der Waals surface area contributed by atoms with Gasteiger partial charge >= 0.3 is 5.97 Å². The average Bonchev–Trinajstić information content (AvgIpc) is 2.79. The molecule has 1 N–H and O–H groups in total. The molecule has 3 aromatic carbocycles. The van der Waals surface area contributed by atoms with Crippen LogP contribution in [0.5, 0.6) is 5.75 Å². The molecule has 0 aliphatic rings. The monoisotopic (exact) mass is 476 g/mol. The Hall–Kier alpha value is -3.57. The van der Waals surface area contributed by atoms with Crippen molar-refractivity contribution in [2.24, 2.45) is 0 Å². The van der Waals surface area contributed by atoms with Gasteiger partial charge in [-0.25, -0.2) is 4.79 Å². The predicted molar refractivity (Wildman–Crippen MR) is 134 cm³/mol. The summed E-state index contributed by atoms with van der Waals surface area (Å²) in [6, 6.07) is 17.5. The summed E-state index contributed by atoms with van der Waals surface area (Å²) in [5.74, 6) is -0.587. The van der Waals surface area contributed by atoms with Crippen molar-refractivity contribution in [2.75, 3.05) is 0 Å². The largest absolute Gasteiger partial charge is 0.481 e. The van der Waals surface area contributed by atoms with E-state index < -0.39 is 5.97 Å². The molecule has 0 atom stereocenters. The second-order valence-electron chi connectivity index (χ2n) is 9.31. The van der Waals surface area contributed by atoms with Crippen LogP contribution in [0, 0.1) is 6.92 Å². The molecule has 0 aliphatic carbocycles. The summed E-state index contributed by atoms with van der Waals surface area (Å²) in [4.78, 5) is 24.6. The number of benzene rings is 3. The molecule has 4 rings (SSSR count). The maximum atomic E-state index is 13.5. The molecule has 0 saturated carbocycles. The van der Waals surface area contributed by atoms with Crippen LogP contribution in [0.4, 0.5) is 0 Å². The smallest absolute Gasteiger partial charge is 0.335 e. The van der Waals surface area contributed by atoms with E-state index >= 15 is 0 Å². The summed E-state index contributed by atoms with van der Waals surface area (Å²) >= 11 is 6.27. The Labute approximate surface area is 202 Å². The zero-order valence-corrected chi connectivity index (χ0v) is 20.2. The molecular weight excluding hydrogens is 452 g/mol. The van der Waals surface area contributed by atoms with Crippen LogP contribution in [-0.2, 0) is 12.0 Å². The van der Waals surface area contributed by atoms with Gasteiger partial charge in [-0.1, -0.05) is 68.8 Å². The second-order valence-corrected chi connectivity index (χ2v) is 9.71. The zero-order chi connectivity index (χ0) is 24.6. The second kappa shape index (κ2) is 8.99. The third kappa shape index (κ3) is 4.70. The van der Waals surface area contributed by atoms with E-state index in [1.165, 1.54) is 12.1 Å². The van der Waals surface area contributed by atoms with Crippen LogP contribution in [-0.4, -0.2) is 11.1 Å². The highest BCUT2D eigenvalue weighted by Crippen LogP contribution is 2.34. The Bertz CT molecular complexity index is 1430. The Morgan fingerprint density at radius 3 is 2.26 bits per heavy atom. The number of hydrogen-bond acceptors (Lipinski definition) is 4. The van der Waals surface area contributed by atoms with Crippen molar-refractivity contribution in [2.45, 2.75) is 39.7 Å². The van der Waals surface area contributed by atoms with E-state index in [9.17, 15) is 9.59 Å². The lowest BCUT2D eigenvalue weighted by molar-refractivity contribution is 0.0697. The van der Waals surface area contributed by atoms with E-state index in [1.807, 2.05) is 31.2 Å². The summed E-state index contributed by atoms with van der Waals surface area (Å²) in [6.45, 7) is 8.33. The summed E-state index contributed by atoms with van der Waals surface area (Å²) in [7, 11) is 0. The first-order chi connectivity index (χ1) is 16.0. The maximum absolute atomic E-state index is 13.5.